The molecule has 0 amide bonds. The fraction of sp³-hybridized carbons (Fsp3) is 0.286. The number of aromatic carboxylic acids is 1. The topological polar surface area (TPSA) is 55.1 Å². The normalized spacial score (nSPS) is 10.6. The average molecular weight is 276 g/mol. The molecule has 0 aliphatic carbocycles. The van der Waals surface area contributed by atoms with Gasteiger partial charge in [-0.3, -0.25) is 0 Å². The van der Waals surface area contributed by atoms with E-state index in [1.54, 1.807) is 6.20 Å². The zero-order chi connectivity index (χ0) is 13.8. The van der Waals surface area contributed by atoms with E-state index < -0.39 is 5.97 Å². The highest BCUT2D eigenvalue weighted by molar-refractivity contribution is 7.98. The zero-order valence-electron chi connectivity index (χ0n) is 11.0. The molecule has 4 nitrogen and oxygen atoms in total. The van der Waals surface area contributed by atoms with Gasteiger partial charge in [0.2, 0.25) is 0 Å². The average Bonchev–Trinajstić information content (AvgIpc) is 2.86. The second-order valence-electron chi connectivity index (χ2n) is 4.12. The fourth-order valence-corrected chi connectivity index (χ4v) is 2.68. The molecule has 0 spiro atoms. The minimum absolute atomic E-state index is 0.338. The number of aryl methyl sites for hydroxylation is 1. The largest absolute Gasteiger partial charge is 0.478 e. The van der Waals surface area contributed by atoms with Crippen LogP contribution in [-0.2, 0) is 6.42 Å². The molecule has 1 aromatic carbocycles. The quantitative estimate of drug-likeness (QED) is 0.852. The van der Waals surface area contributed by atoms with E-state index in [0.717, 1.165) is 23.6 Å². The molecule has 0 unspecified atom stereocenters. The minimum Gasteiger partial charge on any atom is -0.478 e. The van der Waals surface area contributed by atoms with E-state index in [9.17, 15) is 9.90 Å². The molecule has 0 fully saturated rings. The van der Waals surface area contributed by atoms with Gasteiger partial charge in [-0.05, 0) is 24.8 Å². The summed E-state index contributed by atoms with van der Waals surface area (Å²) in [6, 6.07) is 5.53. The van der Waals surface area contributed by atoms with Gasteiger partial charge in [-0.2, -0.15) is 0 Å². The summed E-state index contributed by atoms with van der Waals surface area (Å²) in [4.78, 5) is 16.6. The molecule has 0 atom stereocenters. The standard InChI is InChI=1S/C14H16N2O2S/c1-3-5-12-15-8-9-16(12)10-6-4-7-11(19-2)13(10)14(17)18/h4,6-9H,3,5H2,1-2H3,(H,17,18). The smallest absolute Gasteiger partial charge is 0.338 e. The van der Waals surface area contributed by atoms with Crippen LogP contribution < -0.4 is 0 Å². The molecule has 2 rings (SSSR count). The number of carboxylic acids is 1. The van der Waals surface area contributed by atoms with Crippen LogP contribution in [-0.4, -0.2) is 26.9 Å². The Kier molecular flexibility index (Phi) is 4.27. The van der Waals surface area contributed by atoms with Gasteiger partial charge in [0.15, 0.2) is 0 Å². The van der Waals surface area contributed by atoms with Gasteiger partial charge in [-0.15, -0.1) is 11.8 Å². The highest BCUT2D eigenvalue weighted by Gasteiger charge is 2.17. The summed E-state index contributed by atoms with van der Waals surface area (Å²) in [6.07, 6.45) is 7.21. The van der Waals surface area contributed by atoms with Crippen molar-refractivity contribution in [3.8, 4) is 5.69 Å². The number of rotatable bonds is 5. The van der Waals surface area contributed by atoms with Gasteiger partial charge >= 0.3 is 5.97 Å². The molecule has 19 heavy (non-hydrogen) atoms. The lowest BCUT2D eigenvalue weighted by Gasteiger charge is -2.13. The zero-order valence-corrected chi connectivity index (χ0v) is 11.8. The van der Waals surface area contributed by atoms with Crippen molar-refractivity contribution in [2.45, 2.75) is 24.7 Å². The molecule has 0 aliphatic rings. The second kappa shape index (κ2) is 5.93. The maximum atomic E-state index is 11.5. The first kappa shape index (κ1) is 13.7. The molecule has 5 heteroatoms. The monoisotopic (exact) mass is 276 g/mol. The number of nitrogens with zero attached hydrogens (tertiary/aromatic N) is 2. The highest BCUT2D eigenvalue weighted by Crippen LogP contribution is 2.27. The fourth-order valence-electron chi connectivity index (χ4n) is 2.07. The highest BCUT2D eigenvalue weighted by atomic mass is 32.2. The number of carboxylic acid groups (broad SMARTS) is 1. The van der Waals surface area contributed by atoms with Crippen molar-refractivity contribution in [3.63, 3.8) is 0 Å². The summed E-state index contributed by atoms with van der Waals surface area (Å²) in [5.41, 5.74) is 1.02. The van der Waals surface area contributed by atoms with Crippen molar-refractivity contribution in [2.75, 3.05) is 6.26 Å². The van der Waals surface area contributed by atoms with Gasteiger partial charge in [0, 0.05) is 23.7 Å². The maximum absolute atomic E-state index is 11.5. The van der Waals surface area contributed by atoms with Crippen LogP contribution in [0.1, 0.15) is 29.5 Å². The third-order valence-corrected chi connectivity index (χ3v) is 3.67. The van der Waals surface area contributed by atoms with E-state index in [1.807, 2.05) is 35.2 Å². The summed E-state index contributed by atoms with van der Waals surface area (Å²) >= 11 is 1.44. The first-order chi connectivity index (χ1) is 9.19. The van der Waals surface area contributed by atoms with E-state index in [4.69, 9.17) is 0 Å². The first-order valence-corrected chi connectivity index (χ1v) is 7.34. The molecule has 100 valence electrons. The molecule has 1 heterocycles. The SMILES string of the molecule is CCCc1nccn1-c1cccc(SC)c1C(=O)O. The summed E-state index contributed by atoms with van der Waals surface area (Å²) in [5.74, 6) is -0.0145. The van der Waals surface area contributed by atoms with Crippen molar-refractivity contribution in [1.29, 1.82) is 0 Å². The first-order valence-electron chi connectivity index (χ1n) is 6.12. The maximum Gasteiger partial charge on any atom is 0.338 e. The van der Waals surface area contributed by atoms with E-state index in [1.165, 1.54) is 11.8 Å². The number of carbonyl (C=O) groups is 1. The van der Waals surface area contributed by atoms with Crippen LogP contribution in [0.3, 0.4) is 0 Å². The Morgan fingerprint density at radius 1 is 1.47 bits per heavy atom. The Hall–Kier alpha value is -1.75. The van der Waals surface area contributed by atoms with Crippen LogP contribution >= 0.6 is 11.8 Å². The van der Waals surface area contributed by atoms with Gasteiger partial charge in [0.25, 0.3) is 0 Å². The van der Waals surface area contributed by atoms with E-state index in [-0.39, 0.29) is 0 Å². The van der Waals surface area contributed by atoms with Crippen LogP contribution in [0, 0.1) is 0 Å². The van der Waals surface area contributed by atoms with Crippen LogP contribution in [0.25, 0.3) is 5.69 Å². The minimum atomic E-state index is -0.906. The number of hydrogen-bond acceptors (Lipinski definition) is 3. The van der Waals surface area contributed by atoms with Crippen molar-refractivity contribution < 1.29 is 9.90 Å². The molecular formula is C14H16N2O2S. The predicted octanol–water partition coefficient (Wildman–Crippen LogP) is 3.24. The molecule has 1 N–H and O–H groups in total. The van der Waals surface area contributed by atoms with Gasteiger partial charge < -0.3 is 9.67 Å². The van der Waals surface area contributed by atoms with Gasteiger partial charge in [-0.25, -0.2) is 9.78 Å². The van der Waals surface area contributed by atoms with Crippen molar-refractivity contribution >= 4 is 17.7 Å². The van der Waals surface area contributed by atoms with Crippen molar-refractivity contribution in [2.24, 2.45) is 0 Å². The summed E-state index contributed by atoms with van der Waals surface area (Å²) < 4.78 is 1.87. The molecule has 0 saturated carbocycles. The van der Waals surface area contributed by atoms with Crippen LogP contribution in [0.15, 0.2) is 35.5 Å². The molecular weight excluding hydrogens is 260 g/mol. The lowest BCUT2D eigenvalue weighted by Crippen LogP contribution is -2.09. The number of thioether (sulfide) groups is 1. The summed E-state index contributed by atoms with van der Waals surface area (Å²) in [7, 11) is 0. The summed E-state index contributed by atoms with van der Waals surface area (Å²) in [5, 5.41) is 9.45. The van der Waals surface area contributed by atoms with Gasteiger partial charge in [-0.1, -0.05) is 13.0 Å². The molecule has 0 radical (unpaired) electrons. The molecule has 2 aromatic rings. The number of hydrogen-bond donors (Lipinski definition) is 1. The van der Waals surface area contributed by atoms with Crippen molar-refractivity contribution in [3.05, 3.63) is 42.0 Å². The Balaban J connectivity index is 2.61. The van der Waals surface area contributed by atoms with Crippen LogP contribution in [0.5, 0.6) is 0 Å². The van der Waals surface area contributed by atoms with E-state index in [2.05, 4.69) is 11.9 Å². The Bertz CT molecular complexity index is 593. The number of imidazole rings is 1. The lowest BCUT2D eigenvalue weighted by molar-refractivity contribution is 0.0693. The summed E-state index contributed by atoms with van der Waals surface area (Å²) in [6.45, 7) is 2.08. The third-order valence-electron chi connectivity index (χ3n) is 2.89. The van der Waals surface area contributed by atoms with Crippen LogP contribution in [0.2, 0.25) is 0 Å². The number of aromatic nitrogens is 2. The van der Waals surface area contributed by atoms with Crippen LogP contribution in [0.4, 0.5) is 0 Å². The Morgan fingerprint density at radius 3 is 2.89 bits per heavy atom. The number of benzene rings is 1. The lowest BCUT2D eigenvalue weighted by atomic mass is 10.1. The molecule has 0 bridgehead atoms. The predicted molar refractivity (Wildman–Crippen MR) is 76.3 cm³/mol. The molecule has 1 aromatic heterocycles. The van der Waals surface area contributed by atoms with Gasteiger partial charge in [0.1, 0.15) is 5.82 Å². The Labute approximate surface area is 116 Å². The van der Waals surface area contributed by atoms with Gasteiger partial charge in [0.05, 0.1) is 11.3 Å². The third kappa shape index (κ3) is 2.66. The molecule has 0 saturated heterocycles. The van der Waals surface area contributed by atoms with E-state index in [0.29, 0.717) is 11.3 Å². The van der Waals surface area contributed by atoms with E-state index >= 15 is 0 Å². The molecule has 0 aliphatic heterocycles. The van der Waals surface area contributed by atoms with Crippen molar-refractivity contribution in [1.82, 2.24) is 9.55 Å². The second-order valence-corrected chi connectivity index (χ2v) is 4.97. The Morgan fingerprint density at radius 2 is 2.26 bits per heavy atom.